The normalized spacial score (nSPS) is 17.9. The molecule has 2 aromatic carbocycles. The molecule has 8 heteroatoms. The summed E-state index contributed by atoms with van der Waals surface area (Å²) in [7, 11) is 0. The van der Waals surface area contributed by atoms with Crippen LogP contribution in [0.4, 0.5) is 0 Å². The number of carbonyl (C=O) groups excluding carboxylic acids is 1. The molecule has 0 spiro atoms. The highest BCUT2D eigenvalue weighted by atomic mass is 127. The number of benzene rings is 2. The Hall–Kier alpha value is -2.51. The van der Waals surface area contributed by atoms with Crippen LogP contribution >= 0.6 is 38.5 Å². The molecular formula is C25H22BrIN2O4. The van der Waals surface area contributed by atoms with Gasteiger partial charge in [-0.1, -0.05) is 28.1 Å². The van der Waals surface area contributed by atoms with Crippen molar-refractivity contribution in [1.29, 1.82) is 5.26 Å². The number of nitrogens with two attached hydrogens (primary N) is 1. The molecule has 0 aromatic heterocycles. The summed E-state index contributed by atoms with van der Waals surface area (Å²) >= 11 is 5.64. The van der Waals surface area contributed by atoms with Crippen LogP contribution in [0.1, 0.15) is 43.2 Å². The number of nitriles is 1. The van der Waals surface area contributed by atoms with E-state index in [1.54, 1.807) is 0 Å². The van der Waals surface area contributed by atoms with Gasteiger partial charge in [0.15, 0.2) is 17.3 Å². The number of ether oxygens (including phenoxy) is 3. The summed E-state index contributed by atoms with van der Waals surface area (Å²) < 4.78 is 19.6. The molecule has 1 heterocycles. The van der Waals surface area contributed by atoms with Gasteiger partial charge in [0, 0.05) is 22.9 Å². The lowest BCUT2D eigenvalue weighted by molar-refractivity contribution is -0.116. The summed E-state index contributed by atoms with van der Waals surface area (Å²) in [6.45, 7) is 2.72. The van der Waals surface area contributed by atoms with Gasteiger partial charge in [-0.3, -0.25) is 4.79 Å². The molecule has 0 radical (unpaired) electrons. The molecule has 170 valence electrons. The van der Waals surface area contributed by atoms with E-state index in [1.807, 2.05) is 43.3 Å². The second-order valence-corrected chi connectivity index (χ2v) is 9.79. The van der Waals surface area contributed by atoms with E-state index in [9.17, 15) is 10.1 Å². The summed E-state index contributed by atoms with van der Waals surface area (Å²) in [5, 5.41) is 9.83. The van der Waals surface area contributed by atoms with Crippen molar-refractivity contribution in [3.05, 3.63) is 78.4 Å². The molecule has 2 aromatic rings. The lowest BCUT2D eigenvalue weighted by Crippen LogP contribution is -2.27. The van der Waals surface area contributed by atoms with Crippen LogP contribution in [-0.2, 0) is 16.1 Å². The molecule has 0 saturated carbocycles. The third kappa shape index (κ3) is 4.89. The van der Waals surface area contributed by atoms with Crippen LogP contribution in [0.15, 0.2) is 63.7 Å². The zero-order chi connectivity index (χ0) is 23.5. The second-order valence-electron chi connectivity index (χ2n) is 7.72. The molecule has 2 aliphatic rings. The Balaban J connectivity index is 1.75. The summed E-state index contributed by atoms with van der Waals surface area (Å²) in [5.74, 6) is 1.21. The van der Waals surface area contributed by atoms with E-state index in [4.69, 9.17) is 19.9 Å². The highest BCUT2D eigenvalue weighted by molar-refractivity contribution is 14.1. The summed E-state index contributed by atoms with van der Waals surface area (Å²) in [6, 6.07) is 13.8. The smallest absolute Gasteiger partial charge is 0.205 e. The maximum atomic E-state index is 12.9. The fraction of sp³-hybridized carbons (Fsp3) is 0.280. The first-order valence-electron chi connectivity index (χ1n) is 10.6. The third-order valence-electron chi connectivity index (χ3n) is 5.57. The minimum atomic E-state index is -0.584. The van der Waals surface area contributed by atoms with E-state index in [1.165, 1.54) is 0 Å². The number of rotatable bonds is 6. The van der Waals surface area contributed by atoms with Crippen LogP contribution in [0.3, 0.4) is 0 Å². The molecule has 2 N–H and O–H groups in total. The van der Waals surface area contributed by atoms with E-state index >= 15 is 0 Å². The fourth-order valence-electron chi connectivity index (χ4n) is 4.08. The predicted octanol–water partition coefficient (Wildman–Crippen LogP) is 5.85. The number of ketones is 1. The zero-order valence-corrected chi connectivity index (χ0v) is 21.7. The molecule has 0 saturated heterocycles. The van der Waals surface area contributed by atoms with Crippen molar-refractivity contribution >= 4 is 44.3 Å². The molecule has 33 heavy (non-hydrogen) atoms. The topological polar surface area (TPSA) is 94.6 Å². The quantitative estimate of drug-likeness (QED) is 0.408. The predicted molar refractivity (Wildman–Crippen MR) is 135 cm³/mol. The monoisotopic (exact) mass is 620 g/mol. The van der Waals surface area contributed by atoms with Gasteiger partial charge < -0.3 is 19.9 Å². The molecular weight excluding hydrogens is 599 g/mol. The molecule has 4 rings (SSSR count). The SMILES string of the molecule is CCOc1cc([C@@H]2C(C#N)=C(N)OC3=C2C(=O)CCC3)cc(I)c1OCc1ccc(Br)cc1. The first-order chi connectivity index (χ1) is 15.9. The highest BCUT2D eigenvalue weighted by Crippen LogP contribution is 2.46. The minimum absolute atomic E-state index is 0.00923. The van der Waals surface area contributed by atoms with Gasteiger partial charge in [-0.25, -0.2) is 0 Å². The molecule has 0 unspecified atom stereocenters. The van der Waals surface area contributed by atoms with Crippen LogP contribution < -0.4 is 15.2 Å². The van der Waals surface area contributed by atoms with Crippen molar-refractivity contribution in [2.24, 2.45) is 5.73 Å². The van der Waals surface area contributed by atoms with Gasteiger partial charge in [0.25, 0.3) is 0 Å². The number of Topliss-reactive ketones (excluding diaryl/α,β-unsaturated/α-hetero) is 1. The zero-order valence-electron chi connectivity index (χ0n) is 18.0. The van der Waals surface area contributed by atoms with E-state index in [-0.39, 0.29) is 17.2 Å². The third-order valence-corrected chi connectivity index (χ3v) is 6.90. The Morgan fingerprint density at radius 2 is 2.00 bits per heavy atom. The molecule has 6 nitrogen and oxygen atoms in total. The maximum absolute atomic E-state index is 12.9. The molecule has 0 fully saturated rings. The Morgan fingerprint density at radius 3 is 2.70 bits per heavy atom. The van der Waals surface area contributed by atoms with E-state index < -0.39 is 5.92 Å². The van der Waals surface area contributed by atoms with Crippen molar-refractivity contribution in [3.63, 3.8) is 0 Å². The van der Waals surface area contributed by atoms with Gasteiger partial charge in [0.05, 0.1) is 16.1 Å². The summed E-state index contributed by atoms with van der Waals surface area (Å²) in [5.41, 5.74) is 8.63. The number of carbonyl (C=O) groups is 1. The van der Waals surface area contributed by atoms with Gasteiger partial charge in [0.1, 0.15) is 24.0 Å². The average Bonchev–Trinajstić information content (AvgIpc) is 2.79. The minimum Gasteiger partial charge on any atom is -0.490 e. The van der Waals surface area contributed by atoms with Gasteiger partial charge in [0.2, 0.25) is 5.88 Å². The Labute approximate surface area is 214 Å². The first kappa shape index (κ1) is 23.6. The van der Waals surface area contributed by atoms with Gasteiger partial charge in [-0.05, 0) is 71.3 Å². The molecule has 0 amide bonds. The fourth-order valence-corrected chi connectivity index (χ4v) is 5.13. The van der Waals surface area contributed by atoms with Gasteiger partial charge >= 0.3 is 0 Å². The van der Waals surface area contributed by atoms with Gasteiger partial charge in [-0.2, -0.15) is 5.26 Å². The van der Waals surface area contributed by atoms with Gasteiger partial charge in [-0.15, -0.1) is 0 Å². The summed E-state index contributed by atoms with van der Waals surface area (Å²) in [6.07, 6.45) is 1.77. The molecule has 1 aliphatic carbocycles. The van der Waals surface area contributed by atoms with E-state index in [0.29, 0.717) is 55.3 Å². The lowest BCUT2D eigenvalue weighted by atomic mass is 9.77. The van der Waals surface area contributed by atoms with E-state index in [2.05, 4.69) is 44.6 Å². The second kappa shape index (κ2) is 10.2. The largest absolute Gasteiger partial charge is 0.490 e. The Kier molecular flexibility index (Phi) is 7.29. The number of allylic oxidation sites excluding steroid dienone is 3. The number of halogens is 2. The maximum Gasteiger partial charge on any atom is 0.205 e. The van der Waals surface area contributed by atoms with Crippen LogP contribution in [0.5, 0.6) is 11.5 Å². The van der Waals surface area contributed by atoms with Crippen molar-refractivity contribution in [3.8, 4) is 17.6 Å². The Bertz CT molecular complexity index is 1200. The number of nitrogens with zero attached hydrogens (tertiary/aromatic N) is 1. The van der Waals surface area contributed by atoms with Crippen molar-refractivity contribution < 1.29 is 19.0 Å². The average molecular weight is 621 g/mol. The van der Waals surface area contributed by atoms with Crippen LogP contribution in [0.25, 0.3) is 0 Å². The first-order valence-corrected chi connectivity index (χ1v) is 12.5. The van der Waals surface area contributed by atoms with Crippen LogP contribution in [-0.4, -0.2) is 12.4 Å². The van der Waals surface area contributed by atoms with Crippen LogP contribution in [0.2, 0.25) is 0 Å². The molecule has 0 bridgehead atoms. The standard InChI is InChI=1S/C25H22BrIN2O4/c1-2-31-21-11-15(10-18(27)24(21)32-13-14-6-8-16(26)9-7-14)22-17(12-28)25(29)33-20-5-3-4-19(30)23(20)22/h6-11,22H,2-5,13,29H2,1H3/t22-/m1/s1. The number of hydrogen-bond donors (Lipinski definition) is 1. The lowest BCUT2D eigenvalue weighted by Gasteiger charge is -2.31. The van der Waals surface area contributed by atoms with Crippen molar-refractivity contribution in [1.82, 2.24) is 0 Å². The highest BCUT2D eigenvalue weighted by Gasteiger charge is 2.38. The number of hydrogen-bond acceptors (Lipinski definition) is 6. The molecule has 1 atom stereocenters. The summed E-state index contributed by atoms with van der Waals surface area (Å²) in [4.78, 5) is 12.9. The molecule has 1 aliphatic heterocycles. The van der Waals surface area contributed by atoms with E-state index in [0.717, 1.165) is 19.2 Å². The van der Waals surface area contributed by atoms with Crippen molar-refractivity contribution in [2.45, 2.75) is 38.7 Å². The van der Waals surface area contributed by atoms with Crippen molar-refractivity contribution in [2.75, 3.05) is 6.61 Å². The van der Waals surface area contributed by atoms with Crippen LogP contribution in [0, 0.1) is 14.9 Å². The Morgan fingerprint density at radius 1 is 1.24 bits per heavy atom.